The van der Waals surface area contributed by atoms with Gasteiger partial charge in [0.05, 0.1) is 0 Å². The van der Waals surface area contributed by atoms with Gasteiger partial charge >= 0.3 is 0 Å². The van der Waals surface area contributed by atoms with Crippen molar-refractivity contribution in [2.24, 2.45) is 0 Å². The van der Waals surface area contributed by atoms with Gasteiger partial charge in [-0.05, 0) is 36.0 Å². The lowest BCUT2D eigenvalue weighted by Gasteiger charge is -2.27. The summed E-state index contributed by atoms with van der Waals surface area (Å²) in [6.45, 7) is 0. The molecular formula is C17H15Cl3N4OS. The Morgan fingerprint density at radius 3 is 2.38 bits per heavy atom. The van der Waals surface area contributed by atoms with Crippen LogP contribution in [0.1, 0.15) is 5.56 Å². The van der Waals surface area contributed by atoms with Crippen LogP contribution in [-0.4, -0.2) is 26.0 Å². The Balaban J connectivity index is 1.97. The van der Waals surface area contributed by atoms with Crippen LogP contribution in [0.2, 0.25) is 0 Å². The molecule has 2 rings (SSSR count). The first-order chi connectivity index (χ1) is 12.3. The molecular weight excluding hydrogens is 415 g/mol. The minimum atomic E-state index is -1.83. The number of hydrogen-bond acceptors (Lipinski definition) is 3. The number of hydrogen-bond donors (Lipinski definition) is 3. The van der Waals surface area contributed by atoms with Gasteiger partial charge in [0, 0.05) is 12.3 Å². The lowest BCUT2D eigenvalue weighted by Crippen LogP contribution is -2.55. The quantitative estimate of drug-likeness (QED) is 0.291. The monoisotopic (exact) mass is 428 g/mol. The van der Waals surface area contributed by atoms with Crippen molar-refractivity contribution < 1.29 is 4.79 Å². The molecule has 1 amide bonds. The first-order valence-corrected chi connectivity index (χ1v) is 8.98. The van der Waals surface area contributed by atoms with Crippen LogP contribution in [0.5, 0.6) is 0 Å². The smallest absolute Gasteiger partial charge is 0.245 e. The van der Waals surface area contributed by atoms with Crippen molar-refractivity contribution in [1.82, 2.24) is 15.6 Å². The number of thiocarbonyl (C=S) groups is 1. The third-order valence-corrected chi connectivity index (χ3v) is 3.90. The highest BCUT2D eigenvalue weighted by Crippen LogP contribution is 2.29. The standard InChI is InChI=1S/C17H15Cl3N4OS/c18-17(19,20)15(24-16(26)22-13-8-4-5-11-21-13)23-14(25)10-9-12-6-2-1-3-7-12/h1-11,15H,(H,23,25)(H2,21,22,24,26)/b10-9+. The summed E-state index contributed by atoms with van der Waals surface area (Å²) in [6.07, 6.45) is 3.54. The minimum absolute atomic E-state index is 0.146. The molecule has 1 unspecified atom stereocenters. The second-order valence-corrected chi connectivity index (χ2v) is 7.82. The summed E-state index contributed by atoms with van der Waals surface area (Å²) in [5.41, 5.74) is 0.869. The van der Waals surface area contributed by atoms with E-state index in [2.05, 4.69) is 20.9 Å². The SMILES string of the molecule is O=C(/C=C/c1ccccc1)NC(NC(=S)Nc1ccccn1)C(Cl)(Cl)Cl. The van der Waals surface area contributed by atoms with Crippen LogP contribution in [0.4, 0.5) is 5.82 Å². The number of carbonyl (C=O) groups is 1. The van der Waals surface area contributed by atoms with Gasteiger partial charge in [-0.1, -0.05) is 71.2 Å². The van der Waals surface area contributed by atoms with Crippen LogP contribution in [-0.2, 0) is 4.79 Å². The number of nitrogens with zero attached hydrogens (tertiary/aromatic N) is 1. The highest BCUT2D eigenvalue weighted by Gasteiger charge is 2.34. The minimum Gasteiger partial charge on any atom is -0.339 e. The van der Waals surface area contributed by atoms with Gasteiger partial charge in [0.1, 0.15) is 12.0 Å². The van der Waals surface area contributed by atoms with E-state index in [0.29, 0.717) is 5.82 Å². The number of benzene rings is 1. The van der Waals surface area contributed by atoms with E-state index in [1.54, 1.807) is 30.5 Å². The molecule has 1 heterocycles. The topological polar surface area (TPSA) is 66.1 Å². The van der Waals surface area contributed by atoms with Crippen LogP contribution < -0.4 is 16.0 Å². The molecule has 0 aliphatic rings. The predicted octanol–water partition coefficient (Wildman–Crippen LogP) is 3.89. The molecule has 1 aromatic carbocycles. The van der Waals surface area contributed by atoms with Gasteiger partial charge < -0.3 is 16.0 Å². The van der Waals surface area contributed by atoms with E-state index in [9.17, 15) is 4.79 Å². The Morgan fingerprint density at radius 2 is 1.77 bits per heavy atom. The predicted molar refractivity (Wildman–Crippen MR) is 111 cm³/mol. The number of rotatable bonds is 5. The summed E-state index contributed by atoms with van der Waals surface area (Å²) < 4.78 is -1.83. The number of amides is 1. The molecule has 2 aromatic rings. The van der Waals surface area contributed by atoms with Crippen molar-refractivity contribution >= 4 is 69.9 Å². The summed E-state index contributed by atoms with van der Waals surface area (Å²) in [5.74, 6) is 0.0710. The van der Waals surface area contributed by atoms with Crippen LogP contribution in [0.15, 0.2) is 60.8 Å². The lowest BCUT2D eigenvalue weighted by atomic mass is 10.2. The Hall–Kier alpha value is -1.86. The Morgan fingerprint density at radius 1 is 1.08 bits per heavy atom. The average Bonchev–Trinajstić information content (AvgIpc) is 2.60. The second-order valence-electron chi connectivity index (χ2n) is 5.04. The third kappa shape index (κ3) is 7.17. The van der Waals surface area contributed by atoms with E-state index in [0.717, 1.165) is 5.56 Å². The summed E-state index contributed by atoms with van der Waals surface area (Å²) in [5, 5.41) is 8.30. The third-order valence-electron chi connectivity index (χ3n) is 3.02. The fraction of sp³-hybridized carbons (Fsp3) is 0.118. The van der Waals surface area contributed by atoms with Gasteiger partial charge in [-0.15, -0.1) is 0 Å². The highest BCUT2D eigenvalue weighted by molar-refractivity contribution is 7.80. The highest BCUT2D eigenvalue weighted by atomic mass is 35.6. The molecule has 0 fully saturated rings. The molecule has 9 heteroatoms. The van der Waals surface area contributed by atoms with E-state index in [4.69, 9.17) is 47.0 Å². The van der Waals surface area contributed by atoms with Crippen molar-refractivity contribution in [3.05, 3.63) is 66.4 Å². The lowest BCUT2D eigenvalue weighted by molar-refractivity contribution is -0.117. The summed E-state index contributed by atoms with van der Waals surface area (Å²) >= 11 is 23.0. The van der Waals surface area contributed by atoms with Crippen LogP contribution in [0.3, 0.4) is 0 Å². The molecule has 136 valence electrons. The molecule has 26 heavy (non-hydrogen) atoms. The number of nitrogens with one attached hydrogen (secondary N) is 3. The summed E-state index contributed by atoms with van der Waals surface area (Å²) in [4.78, 5) is 16.2. The number of pyridine rings is 1. The van der Waals surface area contributed by atoms with Gasteiger partial charge in [-0.3, -0.25) is 4.79 Å². The van der Waals surface area contributed by atoms with Gasteiger partial charge in [0.2, 0.25) is 9.70 Å². The van der Waals surface area contributed by atoms with E-state index in [1.807, 2.05) is 30.3 Å². The zero-order chi connectivity index (χ0) is 19.0. The molecule has 1 aromatic heterocycles. The van der Waals surface area contributed by atoms with E-state index in [-0.39, 0.29) is 5.11 Å². The van der Waals surface area contributed by atoms with Crippen molar-refractivity contribution in [2.45, 2.75) is 9.96 Å². The fourth-order valence-electron chi connectivity index (χ4n) is 1.85. The first-order valence-electron chi connectivity index (χ1n) is 7.43. The molecule has 1 atom stereocenters. The molecule has 0 saturated carbocycles. The largest absolute Gasteiger partial charge is 0.339 e. The molecule has 5 nitrogen and oxygen atoms in total. The number of alkyl halides is 3. The number of carbonyl (C=O) groups excluding carboxylic acids is 1. The zero-order valence-corrected chi connectivity index (χ0v) is 16.4. The number of halogens is 3. The van der Waals surface area contributed by atoms with Crippen LogP contribution in [0.25, 0.3) is 6.08 Å². The molecule has 0 aliphatic carbocycles. The molecule has 3 N–H and O–H groups in total. The Kier molecular flexibility index (Phi) is 7.66. The van der Waals surface area contributed by atoms with E-state index >= 15 is 0 Å². The molecule has 0 bridgehead atoms. The van der Waals surface area contributed by atoms with Crippen LogP contribution >= 0.6 is 47.0 Å². The van der Waals surface area contributed by atoms with Crippen molar-refractivity contribution in [3.8, 4) is 0 Å². The van der Waals surface area contributed by atoms with Gasteiger partial charge in [-0.2, -0.15) is 0 Å². The van der Waals surface area contributed by atoms with Gasteiger partial charge in [0.25, 0.3) is 0 Å². The van der Waals surface area contributed by atoms with E-state index in [1.165, 1.54) is 6.08 Å². The average molecular weight is 430 g/mol. The Bertz CT molecular complexity index is 767. The molecule has 0 aliphatic heterocycles. The van der Waals surface area contributed by atoms with Crippen molar-refractivity contribution in [2.75, 3.05) is 5.32 Å². The van der Waals surface area contributed by atoms with E-state index < -0.39 is 15.9 Å². The molecule has 0 spiro atoms. The maximum atomic E-state index is 12.1. The summed E-state index contributed by atoms with van der Waals surface area (Å²) in [7, 11) is 0. The van der Waals surface area contributed by atoms with Crippen molar-refractivity contribution in [3.63, 3.8) is 0 Å². The molecule has 0 radical (unpaired) electrons. The van der Waals surface area contributed by atoms with Crippen molar-refractivity contribution in [1.29, 1.82) is 0 Å². The Labute approximate surface area is 171 Å². The fourth-order valence-corrected chi connectivity index (χ4v) is 2.40. The second kappa shape index (κ2) is 9.73. The summed E-state index contributed by atoms with van der Waals surface area (Å²) in [6, 6.07) is 14.6. The van der Waals surface area contributed by atoms with Gasteiger partial charge in [-0.25, -0.2) is 4.98 Å². The first kappa shape index (κ1) is 20.5. The van der Waals surface area contributed by atoms with Crippen LogP contribution in [0, 0.1) is 0 Å². The number of anilines is 1. The number of aromatic nitrogens is 1. The maximum Gasteiger partial charge on any atom is 0.245 e. The van der Waals surface area contributed by atoms with Gasteiger partial charge in [0.15, 0.2) is 5.11 Å². The maximum absolute atomic E-state index is 12.1. The normalized spacial score (nSPS) is 12.4. The zero-order valence-electron chi connectivity index (χ0n) is 13.3. The molecule has 0 saturated heterocycles.